The van der Waals surface area contributed by atoms with Crippen molar-refractivity contribution in [3.8, 4) is 0 Å². The normalized spacial score (nSPS) is 12.7. The standard InChI is InChI=1S/C24H25F3N2O3S/c1-16-10-11-19(24(25,26)27)17(12-16)14-29-20(13-22(28-29)23(2,3)4)21(30)15-33(31,32)18-8-6-5-7-9-18/h5-13H,14-15H2,1-4H3. The van der Waals surface area contributed by atoms with Crippen LogP contribution in [-0.2, 0) is 28.0 Å². The number of hydrogen-bond acceptors (Lipinski definition) is 4. The van der Waals surface area contributed by atoms with Gasteiger partial charge >= 0.3 is 6.18 Å². The van der Waals surface area contributed by atoms with Gasteiger partial charge in [0.25, 0.3) is 0 Å². The fourth-order valence-corrected chi connectivity index (χ4v) is 4.61. The number of carbonyl (C=O) groups is 1. The van der Waals surface area contributed by atoms with Gasteiger partial charge in [0.2, 0.25) is 0 Å². The smallest absolute Gasteiger partial charge is 0.291 e. The molecule has 2 aromatic carbocycles. The number of hydrogen-bond donors (Lipinski definition) is 0. The van der Waals surface area contributed by atoms with Crippen molar-refractivity contribution in [2.24, 2.45) is 0 Å². The molecule has 0 aliphatic carbocycles. The van der Waals surface area contributed by atoms with Crippen LogP contribution < -0.4 is 0 Å². The van der Waals surface area contributed by atoms with Gasteiger partial charge in [-0.05, 0) is 36.8 Å². The number of carbonyl (C=O) groups excluding carboxylic acids is 1. The highest BCUT2D eigenvalue weighted by atomic mass is 32.2. The van der Waals surface area contributed by atoms with Crippen LogP contribution in [0.25, 0.3) is 0 Å². The number of halogens is 3. The maximum Gasteiger partial charge on any atom is 0.416 e. The molecule has 0 aliphatic heterocycles. The molecule has 33 heavy (non-hydrogen) atoms. The van der Waals surface area contributed by atoms with E-state index in [0.29, 0.717) is 11.3 Å². The van der Waals surface area contributed by atoms with Crippen LogP contribution in [0.4, 0.5) is 13.2 Å². The number of Topliss-reactive ketones (excluding diaryl/α,β-unsaturated/α-hetero) is 1. The van der Waals surface area contributed by atoms with Crippen molar-refractivity contribution in [3.63, 3.8) is 0 Å². The summed E-state index contributed by atoms with van der Waals surface area (Å²) in [6.07, 6.45) is -4.58. The zero-order valence-electron chi connectivity index (χ0n) is 18.8. The molecule has 1 heterocycles. The summed E-state index contributed by atoms with van der Waals surface area (Å²) in [5.74, 6) is -1.55. The van der Waals surface area contributed by atoms with Gasteiger partial charge in [-0.15, -0.1) is 0 Å². The molecule has 9 heteroatoms. The summed E-state index contributed by atoms with van der Waals surface area (Å²) in [4.78, 5) is 13.1. The number of aryl methyl sites for hydroxylation is 1. The molecule has 3 rings (SSSR count). The lowest BCUT2D eigenvalue weighted by Gasteiger charge is -2.16. The maximum atomic E-state index is 13.6. The van der Waals surface area contributed by atoms with Gasteiger partial charge in [-0.1, -0.05) is 56.7 Å². The van der Waals surface area contributed by atoms with Gasteiger partial charge in [0.05, 0.1) is 22.7 Å². The fourth-order valence-electron chi connectivity index (χ4n) is 3.38. The predicted octanol–water partition coefficient (Wildman–Crippen LogP) is 5.21. The first-order valence-electron chi connectivity index (χ1n) is 10.2. The highest BCUT2D eigenvalue weighted by Crippen LogP contribution is 2.33. The van der Waals surface area contributed by atoms with Gasteiger partial charge < -0.3 is 0 Å². The molecular weight excluding hydrogens is 453 g/mol. The summed E-state index contributed by atoms with van der Waals surface area (Å²) >= 11 is 0. The van der Waals surface area contributed by atoms with Crippen LogP contribution in [0.3, 0.4) is 0 Å². The van der Waals surface area contributed by atoms with E-state index >= 15 is 0 Å². The molecule has 0 bridgehead atoms. The molecule has 0 spiro atoms. The molecule has 1 aromatic heterocycles. The maximum absolute atomic E-state index is 13.6. The Morgan fingerprint density at radius 1 is 1.00 bits per heavy atom. The van der Waals surface area contributed by atoms with E-state index in [4.69, 9.17) is 0 Å². The highest BCUT2D eigenvalue weighted by Gasteiger charge is 2.34. The van der Waals surface area contributed by atoms with Gasteiger partial charge in [0.15, 0.2) is 15.6 Å². The van der Waals surface area contributed by atoms with Crippen LogP contribution in [0.15, 0.2) is 59.5 Å². The van der Waals surface area contributed by atoms with Crippen LogP contribution in [0.5, 0.6) is 0 Å². The Kier molecular flexibility index (Phi) is 6.57. The van der Waals surface area contributed by atoms with Crippen molar-refractivity contribution in [1.29, 1.82) is 0 Å². The van der Waals surface area contributed by atoms with Crippen LogP contribution >= 0.6 is 0 Å². The second-order valence-electron chi connectivity index (χ2n) is 8.98. The molecule has 0 aliphatic rings. The minimum Gasteiger partial charge on any atom is -0.291 e. The van der Waals surface area contributed by atoms with Gasteiger partial charge in [-0.3, -0.25) is 9.48 Å². The molecule has 0 radical (unpaired) electrons. The quantitative estimate of drug-likeness (QED) is 0.456. The first-order chi connectivity index (χ1) is 15.2. The molecule has 0 N–H and O–H groups in total. The Hall–Kier alpha value is -2.94. The first kappa shape index (κ1) is 24.7. The van der Waals surface area contributed by atoms with Crippen molar-refractivity contribution in [2.45, 2.75) is 50.7 Å². The lowest BCUT2D eigenvalue weighted by molar-refractivity contribution is -0.138. The van der Waals surface area contributed by atoms with E-state index in [-0.39, 0.29) is 22.7 Å². The van der Waals surface area contributed by atoms with Crippen molar-refractivity contribution in [3.05, 3.63) is 82.7 Å². The second kappa shape index (κ2) is 8.78. The monoisotopic (exact) mass is 478 g/mol. The molecule has 5 nitrogen and oxygen atoms in total. The molecule has 0 saturated heterocycles. The third-order valence-corrected chi connectivity index (χ3v) is 6.78. The largest absolute Gasteiger partial charge is 0.416 e. The molecular formula is C24H25F3N2O3S. The summed E-state index contributed by atoms with van der Waals surface area (Å²) in [5.41, 5.74) is -0.320. The number of aromatic nitrogens is 2. The number of nitrogens with zero attached hydrogens (tertiary/aromatic N) is 2. The lowest BCUT2D eigenvalue weighted by Crippen LogP contribution is -2.21. The van der Waals surface area contributed by atoms with Crippen molar-refractivity contribution in [2.75, 3.05) is 5.75 Å². The summed E-state index contributed by atoms with van der Waals surface area (Å²) in [7, 11) is -3.93. The van der Waals surface area contributed by atoms with E-state index in [1.165, 1.54) is 35.0 Å². The third-order valence-electron chi connectivity index (χ3n) is 5.14. The Morgan fingerprint density at radius 2 is 1.64 bits per heavy atom. The minimum atomic E-state index is -4.58. The average molecular weight is 479 g/mol. The van der Waals surface area contributed by atoms with E-state index in [2.05, 4.69) is 5.10 Å². The highest BCUT2D eigenvalue weighted by molar-refractivity contribution is 7.92. The summed E-state index contributed by atoms with van der Waals surface area (Å²) in [6.45, 7) is 6.90. The first-order valence-corrected chi connectivity index (χ1v) is 11.9. The van der Waals surface area contributed by atoms with Gasteiger partial charge in [0, 0.05) is 5.41 Å². The number of alkyl halides is 3. The van der Waals surface area contributed by atoms with E-state index in [9.17, 15) is 26.4 Å². The second-order valence-corrected chi connectivity index (χ2v) is 11.0. The Bertz CT molecular complexity index is 1270. The third kappa shape index (κ3) is 5.71. The van der Waals surface area contributed by atoms with Crippen LogP contribution in [0.2, 0.25) is 0 Å². The lowest BCUT2D eigenvalue weighted by atomic mass is 9.92. The predicted molar refractivity (Wildman–Crippen MR) is 119 cm³/mol. The topological polar surface area (TPSA) is 69.0 Å². The molecule has 0 fully saturated rings. The van der Waals surface area contributed by atoms with Gasteiger partial charge in [0.1, 0.15) is 11.4 Å². The molecule has 0 unspecified atom stereocenters. The van der Waals surface area contributed by atoms with E-state index in [1.54, 1.807) is 25.1 Å². The summed E-state index contributed by atoms with van der Waals surface area (Å²) in [5, 5.41) is 4.39. The van der Waals surface area contributed by atoms with Gasteiger partial charge in [-0.2, -0.15) is 18.3 Å². The van der Waals surface area contributed by atoms with Crippen LogP contribution in [-0.4, -0.2) is 29.7 Å². The Labute approximate surface area is 191 Å². The van der Waals surface area contributed by atoms with E-state index in [1.807, 2.05) is 20.8 Å². The number of benzene rings is 2. The number of ketones is 1. The SMILES string of the molecule is Cc1ccc(C(F)(F)F)c(Cn2nc(C(C)(C)C)cc2C(=O)CS(=O)(=O)c2ccccc2)c1. The molecule has 0 atom stereocenters. The van der Waals surface area contributed by atoms with Crippen LogP contribution in [0, 0.1) is 6.92 Å². The fraction of sp³-hybridized carbons (Fsp3) is 0.333. The summed E-state index contributed by atoms with van der Waals surface area (Å²) < 4.78 is 67.3. The Morgan fingerprint density at radius 3 is 2.21 bits per heavy atom. The van der Waals surface area contributed by atoms with E-state index < -0.39 is 38.5 Å². The zero-order chi connectivity index (χ0) is 24.6. The number of sulfone groups is 1. The van der Waals surface area contributed by atoms with E-state index in [0.717, 1.165) is 6.07 Å². The minimum absolute atomic E-state index is 0.00139. The number of rotatable bonds is 6. The van der Waals surface area contributed by atoms with Crippen molar-refractivity contribution < 1.29 is 26.4 Å². The average Bonchev–Trinajstić information content (AvgIpc) is 3.12. The molecule has 176 valence electrons. The molecule has 0 saturated carbocycles. The van der Waals surface area contributed by atoms with Gasteiger partial charge in [-0.25, -0.2) is 8.42 Å². The van der Waals surface area contributed by atoms with Crippen molar-refractivity contribution in [1.82, 2.24) is 9.78 Å². The Balaban J connectivity index is 2.05. The summed E-state index contributed by atoms with van der Waals surface area (Å²) in [6, 6.07) is 12.8. The van der Waals surface area contributed by atoms with Crippen LogP contribution in [0.1, 0.15) is 53.6 Å². The van der Waals surface area contributed by atoms with Crippen molar-refractivity contribution >= 4 is 15.6 Å². The zero-order valence-corrected chi connectivity index (χ0v) is 19.6. The molecule has 0 amide bonds. The molecule has 3 aromatic rings.